The standard InChI is InChI=1S/C13H20N2O3S/c1-5-13(2,3)12(16)15(4)10-6-8-11(9-7-10)19(14,17)18/h6-9H,5H2,1-4H3,(H2,14,17,18). The molecule has 0 saturated carbocycles. The Hall–Kier alpha value is -1.40. The molecule has 0 aliphatic heterocycles. The lowest BCUT2D eigenvalue weighted by Crippen LogP contribution is -2.38. The molecule has 0 heterocycles. The summed E-state index contributed by atoms with van der Waals surface area (Å²) in [7, 11) is -2.03. The molecule has 1 amide bonds. The predicted molar refractivity (Wildman–Crippen MR) is 75.3 cm³/mol. The maximum Gasteiger partial charge on any atom is 0.238 e. The van der Waals surface area contributed by atoms with Crippen LogP contribution in [0, 0.1) is 5.41 Å². The molecule has 0 atom stereocenters. The van der Waals surface area contributed by atoms with Gasteiger partial charge in [-0.25, -0.2) is 13.6 Å². The Balaban J connectivity index is 3.03. The van der Waals surface area contributed by atoms with Crippen molar-refractivity contribution in [2.24, 2.45) is 10.6 Å². The smallest absolute Gasteiger partial charge is 0.238 e. The Morgan fingerprint density at radius 3 is 2.11 bits per heavy atom. The Morgan fingerprint density at radius 2 is 1.74 bits per heavy atom. The minimum atomic E-state index is -3.70. The second-order valence-corrected chi connectivity index (χ2v) is 6.70. The molecule has 5 nitrogen and oxygen atoms in total. The third-order valence-electron chi connectivity index (χ3n) is 3.32. The van der Waals surface area contributed by atoms with Crippen LogP contribution in [-0.4, -0.2) is 21.4 Å². The SMILES string of the molecule is CCC(C)(C)C(=O)N(C)c1ccc(S(N)(=O)=O)cc1. The van der Waals surface area contributed by atoms with Crippen LogP contribution in [0.3, 0.4) is 0 Å². The molecule has 19 heavy (non-hydrogen) atoms. The Bertz CT molecular complexity index is 562. The van der Waals surface area contributed by atoms with Crippen LogP contribution >= 0.6 is 0 Å². The van der Waals surface area contributed by atoms with E-state index in [-0.39, 0.29) is 10.8 Å². The van der Waals surface area contributed by atoms with E-state index in [1.54, 1.807) is 19.2 Å². The highest BCUT2D eigenvalue weighted by atomic mass is 32.2. The van der Waals surface area contributed by atoms with Crippen molar-refractivity contribution in [2.75, 3.05) is 11.9 Å². The predicted octanol–water partition coefficient (Wildman–Crippen LogP) is 1.73. The van der Waals surface area contributed by atoms with Gasteiger partial charge in [0, 0.05) is 18.2 Å². The van der Waals surface area contributed by atoms with E-state index in [1.165, 1.54) is 17.0 Å². The topological polar surface area (TPSA) is 80.5 Å². The van der Waals surface area contributed by atoms with Crippen molar-refractivity contribution in [2.45, 2.75) is 32.1 Å². The zero-order chi connectivity index (χ0) is 14.8. The van der Waals surface area contributed by atoms with Gasteiger partial charge in [-0.15, -0.1) is 0 Å². The molecule has 0 aromatic heterocycles. The van der Waals surface area contributed by atoms with Gasteiger partial charge in [-0.05, 0) is 30.7 Å². The largest absolute Gasteiger partial charge is 0.315 e. The van der Waals surface area contributed by atoms with Gasteiger partial charge < -0.3 is 4.90 Å². The van der Waals surface area contributed by atoms with Crippen LogP contribution in [-0.2, 0) is 14.8 Å². The third kappa shape index (κ3) is 3.54. The lowest BCUT2D eigenvalue weighted by Gasteiger charge is -2.28. The normalized spacial score (nSPS) is 12.3. The highest BCUT2D eigenvalue weighted by Gasteiger charge is 2.29. The first-order valence-corrected chi connectivity index (χ1v) is 7.55. The number of nitrogens with zero attached hydrogens (tertiary/aromatic N) is 1. The van der Waals surface area contributed by atoms with E-state index in [0.29, 0.717) is 5.69 Å². The molecule has 0 spiro atoms. The summed E-state index contributed by atoms with van der Waals surface area (Å²) in [4.78, 5) is 13.8. The van der Waals surface area contributed by atoms with Crippen molar-refractivity contribution in [3.63, 3.8) is 0 Å². The van der Waals surface area contributed by atoms with E-state index in [1.807, 2.05) is 20.8 Å². The molecule has 106 valence electrons. The van der Waals surface area contributed by atoms with Gasteiger partial charge in [0.05, 0.1) is 4.90 Å². The summed E-state index contributed by atoms with van der Waals surface area (Å²) >= 11 is 0. The van der Waals surface area contributed by atoms with E-state index in [0.717, 1.165) is 6.42 Å². The lowest BCUT2D eigenvalue weighted by atomic mass is 9.88. The van der Waals surface area contributed by atoms with E-state index in [2.05, 4.69) is 0 Å². The Labute approximate surface area is 114 Å². The summed E-state index contributed by atoms with van der Waals surface area (Å²) in [6.07, 6.45) is 0.728. The summed E-state index contributed by atoms with van der Waals surface area (Å²) in [6.45, 7) is 5.71. The maximum absolute atomic E-state index is 12.3. The molecule has 2 N–H and O–H groups in total. The van der Waals surface area contributed by atoms with Crippen molar-refractivity contribution in [1.82, 2.24) is 0 Å². The van der Waals surface area contributed by atoms with Crippen LogP contribution in [0.2, 0.25) is 0 Å². The minimum Gasteiger partial charge on any atom is -0.315 e. The van der Waals surface area contributed by atoms with E-state index in [9.17, 15) is 13.2 Å². The number of nitrogens with two attached hydrogens (primary N) is 1. The molecule has 1 rings (SSSR count). The van der Waals surface area contributed by atoms with Crippen molar-refractivity contribution in [1.29, 1.82) is 0 Å². The van der Waals surface area contributed by atoms with Crippen LogP contribution in [0.25, 0.3) is 0 Å². The van der Waals surface area contributed by atoms with Crippen LogP contribution in [0.15, 0.2) is 29.2 Å². The van der Waals surface area contributed by atoms with Gasteiger partial charge in [0.1, 0.15) is 0 Å². The zero-order valence-corrected chi connectivity index (χ0v) is 12.5. The molecular weight excluding hydrogens is 264 g/mol. The monoisotopic (exact) mass is 284 g/mol. The number of rotatable bonds is 4. The Morgan fingerprint density at radius 1 is 1.26 bits per heavy atom. The van der Waals surface area contributed by atoms with Gasteiger partial charge in [-0.1, -0.05) is 20.8 Å². The molecule has 0 aliphatic rings. The first kappa shape index (κ1) is 15.7. The van der Waals surface area contributed by atoms with Crippen LogP contribution in [0.4, 0.5) is 5.69 Å². The van der Waals surface area contributed by atoms with E-state index < -0.39 is 15.4 Å². The lowest BCUT2D eigenvalue weighted by molar-refractivity contribution is -0.126. The molecule has 0 unspecified atom stereocenters. The maximum atomic E-state index is 12.3. The summed E-state index contributed by atoms with van der Waals surface area (Å²) in [5.74, 6) is -0.0154. The highest BCUT2D eigenvalue weighted by Crippen LogP contribution is 2.26. The number of carbonyl (C=O) groups excluding carboxylic acids is 1. The van der Waals surface area contributed by atoms with Crippen LogP contribution < -0.4 is 10.0 Å². The van der Waals surface area contributed by atoms with Crippen molar-refractivity contribution >= 4 is 21.6 Å². The second-order valence-electron chi connectivity index (χ2n) is 5.14. The first-order valence-electron chi connectivity index (χ1n) is 6.00. The van der Waals surface area contributed by atoms with Crippen molar-refractivity contribution in [3.05, 3.63) is 24.3 Å². The van der Waals surface area contributed by atoms with Crippen molar-refractivity contribution < 1.29 is 13.2 Å². The fraction of sp³-hybridized carbons (Fsp3) is 0.462. The molecule has 0 radical (unpaired) electrons. The third-order valence-corrected chi connectivity index (χ3v) is 4.25. The minimum absolute atomic E-state index is 0.0154. The average Bonchev–Trinajstić information content (AvgIpc) is 2.36. The number of anilines is 1. The van der Waals surface area contributed by atoms with Crippen molar-refractivity contribution in [3.8, 4) is 0 Å². The molecule has 1 aromatic carbocycles. The van der Waals surface area contributed by atoms with Gasteiger partial charge in [0.25, 0.3) is 0 Å². The van der Waals surface area contributed by atoms with Gasteiger partial charge in [0.15, 0.2) is 0 Å². The highest BCUT2D eigenvalue weighted by molar-refractivity contribution is 7.89. The van der Waals surface area contributed by atoms with Gasteiger partial charge >= 0.3 is 0 Å². The first-order chi connectivity index (χ1) is 8.59. The van der Waals surface area contributed by atoms with Crippen LogP contribution in [0.5, 0.6) is 0 Å². The summed E-state index contributed by atoms with van der Waals surface area (Å²) < 4.78 is 22.3. The number of hydrogen-bond donors (Lipinski definition) is 1. The van der Waals surface area contributed by atoms with Crippen LogP contribution in [0.1, 0.15) is 27.2 Å². The quantitative estimate of drug-likeness (QED) is 0.914. The van der Waals surface area contributed by atoms with Gasteiger partial charge in [-0.3, -0.25) is 4.79 Å². The number of benzene rings is 1. The molecular formula is C13H20N2O3S. The summed E-state index contributed by atoms with van der Waals surface area (Å²) in [5, 5.41) is 5.03. The molecule has 0 bridgehead atoms. The van der Waals surface area contributed by atoms with Gasteiger partial charge in [0.2, 0.25) is 15.9 Å². The number of amides is 1. The molecule has 0 aliphatic carbocycles. The molecule has 0 saturated heterocycles. The number of primary sulfonamides is 1. The zero-order valence-electron chi connectivity index (χ0n) is 11.7. The van der Waals surface area contributed by atoms with E-state index in [4.69, 9.17) is 5.14 Å². The Kier molecular flexibility index (Phi) is 4.37. The summed E-state index contributed by atoms with van der Waals surface area (Å²) in [5.41, 5.74) is 0.187. The fourth-order valence-corrected chi connectivity index (χ4v) is 2.10. The summed E-state index contributed by atoms with van der Waals surface area (Å²) in [6, 6.07) is 5.94. The average molecular weight is 284 g/mol. The number of sulfonamides is 1. The fourth-order valence-electron chi connectivity index (χ4n) is 1.58. The van der Waals surface area contributed by atoms with Gasteiger partial charge in [-0.2, -0.15) is 0 Å². The number of carbonyl (C=O) groups is 1. The molecule has 1 aromatic rings. The van der Waals surface area contributed by atoms with E-state index >= 15 is 0 Å². The molecule has 6 heteroatoms. The second kappa shape index (κ2) is 5.30. The number of hydrogen-bond acceptors (Lipinski definition) is 3. The molecule has 0 fully saturated rings.